The van der Waals surface area contributed by atoms with E-state index in [9.17, 15) is 4.79 Å². The maximum atomic E-state index is 12.5. The minimum atomic E-state index is 0.0223. The second-order valence-corrected chi connectivity index (χ2v) is 6.77. The molecule has 2 N–H and O–H groups in total. The number of carbonyl (C=O) groups excluding carboxylic acids is 1. The number of aromatic nitrogens is 2. The number of aryl methyl sites for hydroxylation is 1. The van der Waals surface area contributed by atoms with Gasteiger partial charge >= 0.3 is 5.95 Å². The molecule has 5 heteroatoms. The number of nitrogen functional groups attached to an aromatic ring is 1. The topological polar surface area (TPSA) is 51.9 Å². The molecule has 0 spiro atoms. The van der Waals surface area contributed by atoms with Crippen molar-refractivity contribution in [3.8, 4) is 11.3 Å². The fourth-order valence-electron chi connectivity index (χ4n) is 2.64. The van der Waals surface area contributed by atoms with Crippen molar-refractivity contribution in [1.82, 2.24) is 4.57 Å². The average Bonchev–Trinajstić information content (AvgIpc) is 2.84. The zero-order chi connectivity index (χ0) is 17.3. The van der Waals surface area contributed by atoms with Gasteiger partial charge < -0.3 is 0 Å². The van der Waals surface area contributed by atoms with Gasteiger partial charge in [0.15, 0.2) is 5.78 Å². The van der Waals surface area contributed by atoms with E-state index in [0.717, 1.165) is 15.7 Å². The number of imidazole rings is 1. The Morgan fingerprint density at radius 2 is 1.92 bits per heavy atom. The van der Waals surface area contributed by atoms with Crippen molar-refractivity contribution in [2.24, 2.45) is 7.05 Å². The summed E-state index contributed by atoms with van der Waals surface area (Å²) in [7, 11) is 1.91. The summed E-state index contributed by atoms with van der Waals surface area (Å²) in [6, 6.07) is 15.6. The molecule has 0 aliphatic carbocycles. The van der Waals surface area contributed by atoms with Gasteiger partial charge in [-0.15, -0.1) is 0 Å². The number of benzene rings is 2. The van der Waals surface area contributed by atoms with Gasteiger partial charge in [-0.05, 0) is 19.1 Å². The van der Waals surface area contributed by atoms with Crippen LogP contribution in [-0.2, 0) is 13.6 Å². The summed E-state index contributed by atoms with van der Waals surface area (Å²) in [5, 5.41) is 0. The predicted octanol–water partition coefficient (Wildman–Crippen LogP) is 3.52. The largest absolute Gasteiger partial charge is 0.355 e. The first-order chi connectivity index (χ1) is 11.5. The second-order valence-electron chi connectivity index (χ2n) is 5.86. The lowest BCUT2D eigenvalue weighted by molar-refractivity contribution is -0.667. The summed E-state index contributed by atoms with van der Waals surface area (Å²) in [5.74, 6) is 0.572. The van der Waals surface area contributed by atoms with Gasteiger partial charge in [0.05, 0.1) is 7.05 Å². The van der Waals surface area contributed by atoms with E-state index in [4.69, 9.17) is 5.73 Å². The molecule has 4 nitrogen and oxygen atoms in total. The zero-order valence-electron chi connectivity index (χ0n) is 13.7. The first-order valence-electron chi connectivity index (χ1n) is 7.66. The van der Waals surface area contributed by atoms with Gasteiger partial charge in [-0.3, -0.25) is 10.5 Å². The van der Waals surface area contributed by atoms with Gasteiger partial charge in [-0.2, -0.15) is 0 Å². The average molecular weight is 385 g/mol. The third-order valence-corrected chi connectivity index (χ3v) is 4.58. The Labute approximate surface area is 149 Å². The Kier molecular flexibility index (Phi) is 4.53. The van der Waals surface area contributed by atoms with Crippen LogP contribution in [0.3, 0.4) is 0 Å². The lowest BCUT2D eigenvalue weighted by Gasteiger charge is -2.01. The molecular weight excluding hydrogens is 366 g/mol. The minimum absolute atomic E-state index is 0.0223. The first-order valence-corrected chi connectivity index (χ1v) is 8.45. The van der Waals surface area contributed by atoms with Crippen LogP contribution in [0.4, 0.5) is 5.95 Å². The molecule has 0 atom stereocenters. The summed E-state index contributed by atoms with van der Waals surface area (Å²) in [4.78, 5) is 12.5. The molecule has 0 amide bonds. The predicted molar refractivity (Wildman–Crippen MR) is 98.7 cm³/mol. The lowest BCUT2D eigenvalue weighted by atomic mass is 10.1. The zero-order valence-corrected chi connectivity index (χ0v) is 15.2. The number of Topliss-reactive ketones (excluding diaryl/α,β-unsaturated/α-hetero) is 1. The van der Waals surface area contributed by atoms with Gasteiger partial charge in [0.25, 0.3) is 0 Å². The smallest absolute Gasteiger partial charge is 0.291 e. The number of halogens is 1. The Morgan fingerprint density at radius 3 is 2.58 bits per heavy atom. The van der Waals surface area contributed by atoms with Crippen LogP contribution in [0.2, 0.25) is 0 Å². The molecule has 0 aliphatic heterocycles. The number of anilines is 1. The maximum Gasteiger partial charge on any atom is 0.355 e. The van der Waals surface area contributed by atoms with Crippen LogP contribution in [0.15, 0.2) is 59.2 Å². The number of carbonyl (C=O) groups is 1. The molecule has 2 aromatic carbocycles. The molecule has 0 radical (unpaired) electrons. The molecule has 0 bridgehead atoms. The van der Waals surface area contributed by atoms with E-state index in [1.807, 2.05) is 42.1 Å². The van der Waals surface area contributed by atoms with Crippen molar-refractivity contribution < 1.29 is 9.36 Å². The van der Waals surface area contributed by atoms with E-state index < -0.39 is 0 Å². The van der Waals surface area contributed by atoms with Crippen LogP contribution in [0.1, 0.15) is 15.9 Å². The first kappa shape index (κ1) is 16.5. The van der Waals surface area contributed by atoms with E-state index in [-0.39, 0.29) is 12.3 Å². The Hall–Kier alpha value is -2.40. The van der Waals surface area contributed by atoms with E-state index in [1.165, 1.54) is 5.56 Å². The van der Waals surface area contributed by atoms with Gasteiger partial charge in [0, 0.05) is 15.6 Å². The fourth-order valence-corrected chi connectivity index (χ4v) is 3.04. The fraction of sp³-hybridized carbons (Fsp3) is 0.158. The molecule has 3 aromatic rings. The summed E-state index contributed by atoms with van der Waals surface area (Å²) in [5.41, 5.74) is 10.1. The van der Waals surface area contributed by atoms with Crippen molar-refractivity contribution >= 4 is 27.7 Å². The van der Waals surface area contributed by atoms with Crippen LogP contribution in [-0.4, -0.2) is 10.4 Å². The van der Waals surface area contributed by atoms with Gasteiger partial charge in [0.2, 0.25) is 0 Å². The maximum absolute atomic E-state index is 12.5. The molecule has 1 heterocycles. The summed E-state index contributed by atoms with van der Waals surface area (Å²) < 4.78 is 4.58. The highest BCUT2D eigenvalue weighted by molar-refractivity contribution is 9.10. The highest BCUT2D eigenvalue weighted by atomic mass is 79.9. The summed E-state index contributed by atoms with van der Waals surface area (Å²) in [6.45, 7) is 2.27. The van der Waals surface area contributed by atoms with E-state index >= 15 is 0 Å². The van der Waals surface area contributed by atoms with E-state index in [1.54, 1.807) is 4.57 Å². The molecule has 0 aliphatic rings. The van der Waals surface area contributed by atoms with Crippen LogP contribution in [0.5, 0.6) is 0 Å². The van der Waals surface area contributed by atoms with Crippen LogP contribution >= 0.6 is 15.9 Å². The highest BCUT2D eigenvalue weighted by Gasteiger charge is 2.20. The second kappa shape index (κ2) is 6.61. The van der Waals surface area contributed by atoms with Crippen molar-refractivity contribution in [2.75, 3.05) is 5.73 Å². The number of hydrogen-bond donors (Lipinski definition) is 1. The summed E-state index contributed by atoms with van der Waals surface area (Å²) in [6.07, 6.45) is 1.93. The Balaban J connectivity index is 1.91. The quantitative estimate of drug-likeness (QED) is 0.552. The summed E-state index contributed by atoms with van der Waals surface area (Å²) >= 11 is 3.39. The Bertz CT molecular complexity index is 897. The van der Waals surface area contributed by atoms with E-state index in [0.29, 0.717) is 11.5 Å². The van der Waals surface area contributed by atoms with Crippen LogP contribution in [0.25, 0.3) is 11.3 Å². The monoisotopic (exact) mass is 384 g/mol. The molecule has 0 saturated carbocycles. The molecule has 122 valence electrons. The molecule has 24 heavy (non-hydrogen) atoms. The SMILES string of the molecule is Cc1ccc(-c2c[n+](CC(=O)c3cccc(Br)c3)c(N)n2C)cc1. The number of nitrogens with two attached hydrogens (primary N) is 1. The minimum Gasteiger partial charge on any atom is -0.291 e. The Morgan fingerprint density at radius 1 is 1.21 bits per heavy atom. The van der Waals surface area contributed by atoms with Crippen molar-refractivity contribution in [3.63, 3.8) is 0 Å². The molecule has 0 unspecified atom stereocenters. The molecule has 0 fully saturated rings. The van der Waals surface area contributed by atoms with Crippen LogP contribution < -0.4 is 10.3 Å². The third-order valence-electron chi connectivity index (χ3n) is 4.09. The normalized spacial score (nSPS) is 10.8. The standard InChI is InChI=1S/C19H18BrN3O/c1-13-6-8-14(9-7-13)17-11-23(19(21)22(17)2)12-18(24)15-4-3-5-16(20)10-15/h3-11,21H,12H2,1-2H3/p+1. The highest BCUT2D eigenvalue weighted by Crippen LogP contribution is 2.20. The van der Waals surface area contributed by atoms with E-state index in [2.05, 4.69) is 47.1 Å². The van der Waals surface area contributed by atoms with Crippen molar-refractivity contribution in [1.29, 1.82) is 0 Å². The van der Waals surface area contributed by atoms with Gasteiger partial charge in [-0.25, -0.2) is 9.13 Å². The molecular formula is C19H19BrN3O+. The lowest BCUT2D eigenvalue weighted by Crippen LogP contribution is -2.39. The molecule has 0 saturated heterocycles. The van der Waals surface area contributed by atoms with Gasteiger partial charge in [-0.1, -0.05) is 57.9 Å². The number of nitrogens with zero attached hydrogens (tertiary/aromatic N) is 2. The van der Waals surface area contributed by atoms with Crippen molar-refractivity contribution in [2.45, 2.75) is 13.5 Å². The number of ketones is 1. The number of rotatable bonds is 4. The third kappa shape index (κ3) is 3.26. The molecule has 1 aromatic heterocycles. The molecule has 3 rings (SSSR count). The number of hydrogen-bond acceptors (Lipinski definition) is 2. The van der Waals surface area contributed by atoms with Crippen molar-refractivity contribution in [3.05, 3.63) is 70.3 Å². The van der Waals surface area contributed by atoms with Gasteiger partial charge in [0.1, 0.15) is 18.4 Å². The van der Waals surface area contributed by atoms with Crippen LogP contribution in [0, 0.1) is 6.92 Å².